The van der Waals surface area contributed by atoms with Gasteiger partial charge in [0.2, 0.25) is 0 Å². The number of rotatable bonds is 1. The van der Waals surface area contributed by atoms with E-state index in [1.165, 1.54) is 0 Å². The minimum absolute atomic E-state index is 0.808. The Balaban J connectivity index is 2.21. The molecule has 1 aromatic rings. The van der Waals surface area contributed by atoms with Crippen molar-refractivity contribution in [1.29, 1.82) is 0 Å². The van der Waals surface area contributed by atoms with Crippen molar-refractivity contribution in [3.05, 3.63) is 30.9 Å². The summed E-state index contributed by atoms with van der Waals surface area (Å²) in [7, 11) is 0. The topological polar surface area (TPSA) is 41.4 Å². The Labute approximate surface area is 70.3 Å². The summed E-state index contributed by atoms with van der Waals surface area (Å²) in [6, 6.07) is 0. The summed E-state index contributed by atoms with van der Waals surface area (Å²) in [5.74, 6) is 0.825. The Morgan fingerprint density at radius 1 is 1.33 bits per heavy atom. The highest BCUT2D eigenvalue weighted by atomic mass is 15.2. The molecule has 0 spiro atoms. The van der Waals surface area contributed by atoms with Crippen molar-refractivity contribution >= 4 is 12.2 Å². The zero-order valence-electron chi connectivity index (χ0n) is 6.46. The first-order valence-electron chi connectivity index (χ1n) is 3.68. The van der Waals surface area contributed by atoms with E-state index in [0.29, 0.717) is 0 Å². The number of hydrogen-bond acceptors (Lipinski definition) is 4. The second-order valence-corrected chi connectivity index (χ2v) is 2.37. The van der Waals surface area contributed by atoms with Gasteiger partial charge in [-0.2, -0.15) is 0 Å². The van der Waals surface area contributed by atoms with Crippen LogP contribution >= 0.6 is 0 Å². The van der Waals surface area contributed by atoms with Crippen LogP contribution in [-0.4, -0.2) is 22.9 Å². The van der Waals surface area contributed by atoms with Gasteiger partial charge in [-0.3, -0.25) is 4.98 Å². The monoisotopic (exact) mass is 160 g/mol. The van der Waals surface area contributed by atoms with Gasteiger partial charge in [-0.25, -0.2) is 9.98 Å². The molecule has 1 aromatic heterocycles. The molecule has 0 saturated heterocycles. The third-order valence-electron chi connectivity index (χ3n) is 1.54. The van der Waals surface area contributed by atoms with Crippen LogP contribution in [0.25, 0.3) is 0 Å². The normalized spacial score (nSPS) is 15.2. The lowest BCUT2D eigenvalue weighted by Crippen LogP contribution is -2.23. The van der Waals surface area contributed by atoms with Crippen molar-refractivity contribution in [2.45, 2.75) is 0 Å². The van der Waals surface area contributed by atoms with Crippen LogP contribution in [0.2, 0.25) is 0 Å². The summed E-state index contributed by atoms with van der Waals surface area (Å²) in [5, 5.41) is 0. The van der Waals surface area contributed by atoms with E-state index < -0.39 is 0 Å². The number of hydrogen-bond donors (Lipinski definition) is 0. The molecule has 0 amide bonds. The van der Waals surface area contributed by atoms with Crippen molar-refractivity contribution in [3.63, 3.8) is 0 Å². The van der Waals surface area contributed by atoms with Gasteiger partial charge in [-0.05, 0) is 6.08 Å². The lowest BCUT2D eigenvalue weighted by Gasteiger charge is -2.16. The molecule has 1 aliphatic rings. The molecule has 0 unspecified atom stereocenters. The maximum absolute atomic E-state index is 4.14. The third kappa shape index (κ3) is 1.32. The Bertz CT molecular complexity index is 304. The van der Waals surface area contributed by atoms with E-state index in [0.717, 1.165) is 12.4 Å². The smallest absolute Gasteiger partial charge is 0.152 e. The average Bonchev–Trinajstić information content (AvgIpc) is 2.21. The largest absolute Gasteiger partial charge is 0.312 e. The zero-order valence-corrected chi connectivity index (χ0v) is 6.46. The summed E-state index contributed by atoms with van der Waals surface area (Å²) in [4.78, 5) is 14.0. The van der Waals surface area contributed by atoms with E-state index in [2.05, 4.69) is 15.0 Å². The maximum Gasteiger partial charge on any atom is 0.152 e. The molecule has 0 N–H and O–H groups in total. The third-order valence-corrected chi connectivity index (χ3v) is 1.54. The molecule has 1 aliphatic heterocycles. The highest BCUT2D eigenvalue weighted by molar-refractivity contribution is 5.78. The number of aromatic nitrogens is 2. The van der Waals surface area contributed by atoms with Crippen LogP contribution in [0.15, 0.2) is 35.9 Å². The highest BCUT2D eigenvalue weighted by Crippen LogP contribution is 2.06. The van der Waals surface area contributed by atoms with Crippen molar-refractivity contribution in [2.75, 3.05) is 11.4 Å². The standard InChI is InChI=1S/C8H8N4/c1-2-10-7-12(5-1)8-6-9-3-4-11-8/h1-4,6-7H,5H2. The van der Waals surface area contributed by atoms with Crippen LogP contribution in [0, 0.1) is 0 Å². The summed E-state index contributed by atoms with van der Waals surface area (Å²) in [6.07, 6.45) is 10.5. The van der Waals surface area contributed by atoms with Crippen molar-refractivity contribution in [2.24, 2.45) is 4.99 Å². The highest BCUT2D eigenvalue weighted by Gasteiger charge is 2.03. The van der Waals surface area contributed by atoms with Gasteiger partial charge >= 0.3 is 0 Å². The van der Waals surface area contributed by atoms with Crippen LogP contribution in [0.4, 0.5) is 5.82 Å². The van der Waals surface area contributed by atoms with E-state index >= 15 is 0 Å². The zero-order chi connectivity index (χ0) is 8.23. The Morgan fingerprint density at radius 2 is 2.33 bits per heavy atom. The molecule has 0 bridgehead atoms. The molecule has 0 saturated carbocycles. The fraction of sp³-hybridized carbons (Fsp3) is 0.125. The van der Waals surface area contributed by atoms with Crippen molar-refractivity contribution < 1.29 is 0 Å². The van der Waals surface area contributed by atoms with Crippen molar-refractivity contribution in [3.8, 4) is 0 Å². The summed E-state index contributed by atoms with van der Waals surface area (Å²) < 4.78 is 0. The van der Waals surface area contributed by atoms with Gasteiger partial charge in [0.15, 0.2) is 5.82 Å². The van der Waals surface area contributed by atoms with Gasteiger partial charge in [0.1, 0.15) is 0 Å². The minimum atomic E-state index is 0.808. The van der Waals surface area contributed by atoms with E-state index in [1.807, 2.05) is 11.0 Å². The molecule has 0 aromatic carbocycles. The van der Waals surface area contributed by atoms with E-state index in [4.69, 9.17) is 0 Å². The van der Waals surface area contributed by atoms with Gasteiger partial charge in [-0.1, -0.05) is 0 Å². The molecule has 0 radical (unpaired) electrons. The van der Waals surface area contributed by atoms with Crippen LogP contribution < -0.4 is 4.90 Å². The predicted octanol–water partition coefficient (Wildman–Crippen LogP) is 0.839. The second-order valence-electron chi connectivity index (χ2n) is 2.37. The molecule has 2 rings (SSSR count). The summed E-state index contributed by atoms with van der Waals surface area (Å²) in [5.41, 5.74) is 0. The maximum atomic E-state index is 4.14. The number of aliphatic imine (C=N–C) groups is 1. The predicted molar refractivity (Wildman–Crippen MR) is 47.0 cm³/mol. The van der Waals surface area contributed by atoms with Gasteiger partial charge in [-0.15, -0.1) is 0 Å². The average molecular weight is 160 g/mol. The molecule has 4 heteroatoms. The summed E-state index contributed by atoms with van der Waals surface area (Å²) >= 11 is 0. The fourth-order valence-electron chi connectivity index (χ4n) is 0.980. The van der Waals surface area contributed by atoms with Crippen LogP contribution in [0.1, 0.15) is 0 Å². The first-order chi connectivity index (χ1) is 5.97. The molecule has 0 fully saturated rings. The molecule has 60 valence electrons. The molecule has 0 atom stereocenters. The van der Waals surface area contributed by atoms with Gasteiger partial charge in [0, 0.05) is 25.1 Å². The summed E-state index contributed by atoms with van der Waals surface area (Å²) in [6.45, 7) is 0.808. The Hall–Kier alpha value is -1.71. The lowest BCUT2D eigenvalue weighted by molar-refractivity contribution is 1.05. The molecule has 4 nitrogen and oxygen atoms in total. The molecule has 2 heterocycles. The number of anilines is 1. The quantitative estimate of drug-likeness (QED) is 0.611. The number of nitrogens with zero attached hydrogens (tertiary/aromatic N) is 4. The molecule has 0 aliphatic carbocycles. The van der Waals surface area contributed by atoms with Gasteiger partial charge in [0.25, 0.3) is 0 Å². The fourth-order valence-corrected chi connectivity index (χ4v) is 0.980. The van der Waals surface area contributed by atoms with Crippen LogP contribution in [0.5, 0.6) is 0 Å². The first kappa shape index (κ1) is 6.97. The Morgan fingerprint density at radius 3 is 3.00 bits per heavy atom. The van der Waals surface area contributed by atoms with E-state index in [-0.39, 0.29) is 0 Å². The first-order valence-corrected chi connectivity index (χ1v) is 3.68. The minimum Gasteiger partial charge on any atom is -0.312 e. The Kier molecular flexibility index (Phi) is 1.82. The van der Waals surface area contributed by atoms with Crippen LogP contribution in [-0.2, 0) is 0 Å². The van der Waals surface area contributed by atoms with Crippen molar-refractivity contribution in [1.82, 2.24) is 9.97 Å². The molecular formula is C8H8N4. The van der Waals surface area contributed by atoms with E-state index in [9.17, 15) is 0 Å². The molecular weight excluding hydrogens is 152 g/mol. The second kappa shape index (κ2) is 3.13. The SMILES string of the molecule is C1=CN=CN(c2cnccn2)C1. The van der Waals surface area contributed by atoms with Gasteiger partial charge in [0.05, 0.1) is 12.5 Å². The van der Waals surface area contributed by atoms with Crippen LogP contribution in [0.3, 0.4) is 0 Å². The van der Waals surface area contributed by atoms with Gasteiger partial charge < -0.3 is 4.90 Å². The van der Waals surface area contributed by atoms with E-state index in [1.54, 1.807) is 31.1 Å². The lowest BCUT2D eigenvalue weighted by atomic mass is 10.4. The molecule has 12 heavy (non-hydrogen) atoms.